The van der Waals surface area contributed by atoms with Crippen LogP contribution in [0, 0.1) is 13.8 Å². The van der Waals surface area contributed by atoms with E-state index in [2.05, 4.69) is 26.1 Å². The molecule has 4 aromatic rings. The molecule has 1 atom stereocenters. The minimum absolute atomic E-state index is 0.0345. The van der Waals surface area contributed by atoms with Gasteiger partial charge in [-0.05, 0) is 76.8 Å². The minimum atomic E-state index is -0.577. The number of rotatable bonds is 5. The molecular formula is C25H22BrN3O5. The minimum Gasteiger partial charge on any atom is -0.507 e. The lowest BCUT2D eigenvalue weighted by molar-refractivity contribution is 0.0716. The predicted molar refractivity (Wildman–Crippen MR) is 128 cm³/mol. The van der Waals surface area contributed by atoms with E-state index in [0.29, 0.717) is 43.9 Å². The van der Waals surface area contributed by atoms with E-state index in [1.165, 1.54) is 7.11 Å². The number of aromatic nitrogens is 2. The fourth-order valence-electron chi connectivity index (χ4n) is 4.53. The van der Waals surface area contributed by atoms with Gasteiger partial charge in [0.25, 0.3) is 5.91 Å². The normalized spacial score (nSPS) is 15.1. The van der Waals surface area contributed by atoms with Gasteiger partial charge in [-0.3, -0.25) is 9.89 Å². The summed E-state index contributed by atoms with van der Waals surface area (Å²) in [7, 11) is 1.47. The first-order valence-electron chi connectivity index (χ1n) is 10.6. The highest BCUT2D eigenvalue weighted by molar-refractivity contribution is 9.10. The van der Waals surface area contributed by atoms with Gasteiger partial charge in [-0.15, -0.1) is 0 Å². The zero-order valence-electron chi connectivity index (χ0n) is 18.7. The van der Waals surface area contributed by atoms with Crippen LogP contribution in [0.2, 0.25) is 0 Å². The number of furan rings is 1. The van der Waals surface area contributed by atoms with Crippen molar-refractivity contribution in [3.8, 4) is 28.5 Å². The van der Waals surface area contributed by atoms with E-state index in [9.17, 15) is 15.0 Å². The lowest BCUT2D eigenvalue weighted by Crippen LogP contribution is -2.29. The average molecular weight is 524 g/mol. The van der Waals surface area contributed by atoms with Crippen molar-refractivity contribution in [2.75, 3.05) is 7.11 Å². The molecule has 8 nitrogen and oxygen atoms in total. The van der Waals surface area contributed by atoms with Crippen LogP contribution in [-0.2, 0) is 6.54 Å². The van der Waals surface area contributed by atoms with Crippen molar-refractivity contribution >= 4 is 21.8 Å². The Hall–Kier alpha value is -3.72. The van der Waals surface area contributed by atoms with Crippen LogP contribution >= 0.6 is 15.9 Å². The van der Waals surface area contributed by atoms with Crippen molar-refractivity contribution in [2.45, 2.75) is 26.4 Å². The lowest BCUT2D eigenvalue weighted by Gasteiger charge is -2.26. The smallest absolute Gasteiger partial charge is 0.273 e. The third-order valence-electron chi connectivity index (χ3n) is 6.06. The first kappa shape index (κ1) is 22.1. The van der Waals surface area contributed by atoms with Crippen molar-refractivity contribution in [1.29, 1.82) is 0 Å². The van der Waals surface area contributed by atoms with Crippen molar-refractivity contribution in [3.63, 3.8) is 0 Å². The number of benzene rings is 2. The summed E-state index contributed by atoms with van der Waals surface area (Å²) in [6.45, 7) is 3.99. The van der Waals surface area contributed by atoms with Gasteiger partial charge in [-0.2, -0.15) is 5.10 Å². The van der Waals surface area contributed by atoms with Crippen molar-refractivity contribution in [3.05, 3.63) is 80.8 Å². The summed E-state index contributed by atoms with van der Waals surface area (Å²) >= 11 is 3.39. The first-order chi connectivity index (χ1) is 16.3. The molecule has 5 rings (SSSR count). The maximum atomic E-state index is 13.5. The van der Waals surface area contributed by atoms with Gasteiger partial charge in [-0.1, -0.05) is 6.07 Å². The van der Waals surface area contributed by atoms with E-state index in [4.69, 9.17) is 9.15 Å². The predicted octanol–water partition coefficient (Wildman–Crippen LogP) is 5.21. The van der Waals surface area contributed by atoms with Crippen molar-refractivity contribution in [1.82, 2.24) is 15.1 Å². The first-order valence-corrected chi connectivity index (χ1v) is 11.4. The Morgan fingerprint density at radius 1 is 1.21 bits per heavy atom. The van der Waals surface area contributed by atoms with Gasteiger partial charge in [0.1, 0.15) is 22.9 Å². The Bertz CT molecular complexity index is 1410. The van der Waals surface area contributed by atoms with Gasteiger partial charge in [0.2, 0.25) is 0 Å². The number of phenolic OH excluding ortho intramolecular Hbond substituents is 2. The van der Waals surface area contributed by atoms with Gasteiger partial charge < -0.3 is 24.3 Å². The second-order valence-electron chi connectivity index (χ2n) is 8.31. The third kappa shape index (κ3) is 3.43. The number of aromatic amines is 1. The fraction of sp³-hybridized carbons (Fsp3) is 0.200. The molecule has 0 radical (unpaired) electrons. The molecule has 0 saturated heterocycles. The van der Waals surface area contributed by atoms with Gasteiger partial charge in [-0.25, -0.2) is 0 Å². The van der Waals surface area contributed by atoms with Crippen LogP contribution in [0.4, 0.5) is 0 Å². The monoisotopic (exact) mass is 523 g/mol. The molecule has 2 aromatic heterocycles. The number of phenols is 2. The molecule has 1 aliphatic heterocycles. The number of amides is 1. The second-order valence-corrected chi connectivity index (χ2v) is 9.16. The number of aromatic hydroxyl groups is 2. The number of carbonyl (C=O) groups excluding carboxylic acids is 1. The number of fused-ring (bicyclic) bond motifs is 1. The Morgan fingerprint density at radius 2 is 2.00 bits per heavy atom. The highest BCUT2D eigenvalue weighted by atomic mass is 79.9. The topological polar surface area (TPSA) is 112 Å². The zero-order valence-corrected chi connectivity index (χ0v) is 20.3. The summed E-state index contributed by atoms with van der Waals surface area (Å²) in [5, 5.41) is 28.5. The molecule has 0 bridgehead atoms. The number of nitrogens with zero attached hydrogens (tertiary/aromatic N) is 2. The summed E-state index contributed by atoms with van der Waals surface area (Å²) in [5.74, 6) is 0.717. The van der Waals surface area contributed by atoms with Gasteiger partial charge >= 0.3 is 0 Å². The van der Waals surface area contributed by atoms with E-state index < -0.39 is 6.04 Å². The molecule has 0 fully saturated rings. The zero-order chi connectivity index (χ0) is 24.1. The van der Waals surface area contributed by atoms with Crippen LogP contribution in [0.5, 0.6) is 17.2 Å². The highest BCUT2D eigenvalue weighted by Gasteiger charge is 2.43. The summed E-state index contributed by atoms with van der Waals surface area (Å²) in [6.07, 6.45) is 1.56. The van der Waals surface area contributed by atoms with E-state index in [1.807, 2.05) is 26.0 Å². The van der Waals surface area contributed by atoms with E-state index in [1.54, 1.807) is 35.4 Å². The molecule has 9 heteroatoms. The Morgan fingerprint density at radius 3 is 2.71 bits per heavy atom. The SMILES string of the molecule is COc1cc([C@@H]2c3c(-c4cc(C)cc(C)c4O)n[nH]c3C(=O)N2Cc2ccco2)cc(Br)c1O. The number of hydrogen-bond donors (Lipinski definition) is 3. The molecule has 34 heavy (non-hydrogen) atoms. The van der Waals surface area contributed by atoms with Crippen LogP contribution in [0.25, 0.3) is 11.3 Å². The third-order valence-corrected chi connectivity index (χ3v) is 6.66. The molecule has 0 aliphatic carbocycles. The standard InChI is InChI=1S/C25H22BrN3O5/c1-12-7-13(2)23(30)16(8-12)20-19-21(28-27-20)25(32)29(11-15-5-4-6-34-15)22(19)14-9-17(26)24(31)18(10-14)33-3/h4-10,22,30-31H,11H2,1-3H3,(H,27,28)/t22-/m1/s1. The van der Waals surface area contributed by atoms with E-state index in [-0.39, 0.29) is 29.7 Å². The number of hydrogen-bond acceptors (Lipinski definition) is 6. The van der Waals surface area contributed by atoms with Gasteiger partial charge in [0, 0.05) is 11.1 Å². The summed E-state index contributed by atoms with van der Waals surface area (Å²) < 4.78 is 11.3. The van der Waals surface area contributed by atoms with Crippen molar-refractivity contribution < 1.29 is 24.2 Å². The van der Waals surface area contributed by atoms with Gasteiger partial charge in [0.15, 0.2) is 11.5 Å². The maximum Gasteiger partial charge on any atom is 0.273 e. The lowest BCUT2D eigenvalue weighted by atomic mass is 9.94. The fourth-order valence-corrected chi connectivity index (χ4v) is 4.99. The van der Waals surface area contributed by atoms with Crippen LogP contribution in [0.3, 0.4) is 0 Å². The van der Waals surface area contributed by atoms with Crippen LogP contribution in [-0.4, -0.2) is 38.3 Å². The quantitative estimate of drug-likeness (QED) is 0.330. The molecule has 1 amide bonds. The van der Waals surface area contributed by atoms with E-state index >= 15 is 0 Å². The Kier molecular flexibility index (Phi) is 5.36. The number of H-pyrrole nitrogens is 1. The number of ether oxygens (including phenoxy) is 1. The number of methoxy groups -OCH3 is 1. The molecule has 1 aliphatic rings. The molecule has 0 unspecified atom stereocenters. The summed E-state index contributed by atoms with van der Waals surface area (Å²) in [6, 6.07) is 10.2. The van der Waals surface area contributed by atoms with Crippen LogP contribution in [0.1, 0.15) is 44.5 Å². The summed E-state index contributed by atoms with van der Waals surface area (Å²) in [5.41, 5.74) is 4.38. The highest BCUT2D eigenvalue weighted by Crippen LogP contribution is 2.48. The molecule has 0 saturated carbocycles. The second kappa shape index (κ2) is 8.25. The van der Waals surface area contributed by atoms with Gasteiger partial charge in [0.05, 0.1) is 30.4 Å². The summed E-state index contributed by atoms with van der Waals surface area (Å²) in [4.78, 5) is 15.2. The number of aryl methyl sites for hydroxylation is 2. The molecule has 2 aromatic carbocycles. The maximum absolute atomic E-state index is 13.5. The molecule has 3 heterocycles. The molecule has 3 N–H and O–H groups in total. The number of carbonyl (C=O) groups is 1. The molecule has 174 valence electrons. The van der Waals surface area contributed by atoms with E-state index in [0.717, 1.165) is 5.56 Å². The molecule has 0 spiro atoms. The largest absolute Gasteiger partial charge is 0.507 e. The number of nitrogens with one attached hydrogen (secondary N) is 1. The molecular weight excluding hydrogens is 502 g/mol. The number of halogens is 1. The van der Waals surface area contributed by atoms with Crippen LogP contribution in [0.15, 0.2) is 51.6 Å². The average Bonchev–Trinajstić information content (AvgIpc) is 3.52. The van der Waals surface area contributed by atoms with Crippen LogP contribution < -0.4 is 4.74 Å². The Labute approximate surface area is 203 Å². The Balaban J connectivity index is 1.74. The van der Waals surface area contributed by atoms with Crippen molar-refractivity contribution in [2.24, 2.45) is 0 Å².